The molecule has 1 N–H and O–H groups in total. The van der Waals surface area contributed by atoms with Crippen LogP contribution in [-0.4, -0.2) is 24.7 Å². The van der Waals surface area contributed by atoms with Gasteiger partial charge in [-0.25, -0.2) is 0 Å². The first-order valence-electron chi connectivity index (χ1n) is 3.63. The van der Waals surface area contributed by atoms with Gasteiger partial charge in [-0.05, 0) is 0 Å². The first-order valence-corrected chi connectivity index (χ1v) is 5.30. The summed E-state index contributed by atoms with van der Waals surface area (Å²) in [5.41, 5.74) is 0. The summed E-state index contributed by atoms with van der Waals surface area (Å²) in [5.74, 6) is 0. The summed E-state index contributed by atoms with van der Waals surface area (Å²) in [6, 6.07) is 0. The summed E-state index contributed by atoms with van der Waals surface area (Å²) in [5, 5.41) is 0. The minimum atomic E-state index is -3.29. The second-order valence-electron chi connectivity index (χ2n) is 2.33. The molecule has 0 aliphatic carbocycles. The summed E-state index contributed by atoms with van der Waals surface area (Å²) >= 11 is 0. The second-order valence-corrected chi connectivity index (χ2v) is 4.31. The molecule has 0 aromatic heterocycles. The van der Waals surface area contributed by atoms with E-state index in [0.29, 0.717) is 6.61 Å². The zero-order valence-corrected chi connectivity index (χ0v) is 8.46. The van der Waals surface area contributed by atoms with E-state index in [1.165, 1.54) is 7.11 Å². The molecule has 0 saturated carbocycles. The van der Waals surface area contributed by atoms with Gasteiger partial charge in [0.25, 0.3) is 0 Å². The Morgan fingerprint density at radius 3 is 2.27 bits per heavy atom. The topological polar surface area (TPSA) is 47.9 Å². The van der Waals surface area contributed by atoms with Gasteiger partial charge in [-0.3, -0.25) is 0 Å². The van der Waals surface area contributed by atoms with Crippen LogP contribution in [0.2, 0.25) is 0 Å². The van der Waals surface area contributed by atoms with Crippen LogP contribution in [0.1, 0.15) is 20.8 Å². The zero-order chi connectivity index (χ0) is 8.91. The Bertz CT molecular complexity index is 109. The molecule has 0 aliphatic rings. The average Bonchev–Trinajstić information content (AvgIpc) is 1.87. The molecule has 0 heterocycles. The Morgan fingerprint density at radius 2 is 2.00 bits per heavy atom. The fraction of sp³-hybridized carbons (Fsp3) is 1.00. The molecule has 0 saturated heterocycles. The van der Waals surface area contributed by atoms with Crippen molar-refractivity contribution < 1.29 is 18.5 Å². The quantitative estimate of drug-likeness (QED) is 0.658. The molecule has 11 heavy (non-hydrogen) atoms. The third kappa shape index (κ3) is 4.67. The molecule has 0 bridgehead atoms. The van der Waals surface area contributed by atoms with E-state index in [1.807, 2.05) is 13.8 Å². The van der Waals surface area contributed by atoms with Crippen molar-refractivity contribution in [2.24, 2.45) is 0 Å². The maximum absolute atomic E-state index is 9.46. The van der Waals surface area contributed by atoms with Crippen LogP contribution in [0.5, 0.6) is 0 Å². The molecule has 0 aliphatic heterocycles. The third-order valence-electron chi connectivity index (χ3n) is 0.969. The van der Waals surface area contributed by atoms with Gasteiger partial charge in [0.05, 0.1) is 0 Å². The van der Waals surface area contributed by atoms with Crippen molar-refractivity contribution in [1.82, 2.24) is 0 Å². The molecule has 0 aromatic rings. The normalized spacial score (nSPS) is 14.0. The zero-order valence-electron chi connectivity index (χ0n) is 7.46. The molecule has 0 radical (unpaired) electrons. The Labute approximate surface area is 68.1 Å². The van der Waals surface area contributed by atoms with Gasteiger partial charge in [0, 0.05) is 0 Å². The number of hydrogen-bond acceptors (Lipinski definition) is 4. The van der Waals surface area contributed by atoms with E-state index in [9.17, 15) is 4.89 Å². The van der Waals surface area contributed by atoms with Gasteiger partial charge in [-0.15, -0.1) is 0 Å². The van der Waals surface area contributed by atoms with Crippen molar-refractivity contribution in [3.05, 3.63) is 0 Å². The van der Waals surface area contributed by atoms with Gasteiger partial charge in [0.15, 0.2) is 0 Å². The van der Waals surface area contributed by atoms with Gasteiger partial charge in [-0.1, -0.05) is 0 Å². The van der Waals surface area contributed by atoms with Crippen LogP contribution in [0, 0.1) is 0 Å². The number of hydrogen-bond donors (Lipinski definition) is 1. The standard InChI is InChI=1S/C6H17O4P/c1-5-9-11(7,8-4)10-6(2)3/h6-7,11H,5H2,1-4H3. The van der Waals surface area contributed by atoms with E-state index < -0.39 is 8.17 Å². The Kier molecular flexibility index (Phi) is 5.13. The summed E-state index contributed by atoms with van der Waals surface area (Å²) in [6.07, 6.45) is -0.0850. The Balaban J connectivity index is 3.87. The van der Waals surface area contributed by atoms with Crippen molar-refractivity contribution in [2.45, 2.75) is 26.9 Å². The molecule has 5 heteroatoms. The predicted octanol–water partition coefficient (Wildman–Crippen LogP) is 1.50. The van der Waals surface area contributed by atoms with Gasteiger partial charge >= 0.3 is 67.2 Å². The second kappa shape index (κ2) is 5.01. The molecular formula is C6H17O4P. The molecule has 0 spiro atoms. The van der Waals surface area contributed by atoms with Crippen LogP contribution in [0.25, 0.3) is 0 Å². The molecule has 0 fully saturated rings. The van der Waals surface area contributed by atoms with Crippen molar-refractivity contribution in [1.29, 1.82) is 0 Å². The van der Waals surface area contributed by atoms with Crippen LogP contribution in [0.4, 0.5) is 0 Å². The van der Waals surface area contributed by atoms with Crippen LogP contribution < -0.4 is 0 Å². The van der Waals surface area contributed by atoms with Crippen LogP contribution >= 0.6 is 8.17 Å². The third-order valence-corrected chi connectivity index (χ3v) is 2.91. The molecule has 0 atom stereocenters. The van der Waals surface area contributed by atoms with Crippen molar-refractivity contribution in [2.75, 3.05) is 13.7 Å². The fourth-order valence-corrected chi connectivity index (χ4v) is 1.86. The van der Waals surface area contributed by atoms with Crippen LogP contribution in [0.3, 0.4) is 0 Å². The van der Waals surface area contributed by atoms with Crippen molar-refractivity contribution in [3.8, 4) is 0 Å². The Morgan fingerprint density at radius 1 is 1.45 bits per heavy atom. The molecule has 0 rings (SSSR count). The van der Waals surface area contributed by atoms with E-state index in [0.717, 1.165) is 0 Å². The first kappa shape index (κ1) is 11.3. The van der Waals surface area contributed by atoms with E-state index in [1.54, 1.807) is 6.92 Å². The molecule has 0 aromatic carbocycles. The summed E-state index contributed by atoms with van der Waals surface area (Å²) < 4.78 is 14.8. The van der Waals surface area contributed by atoms with E-state index >= 15 is 0 Å². The maximum atomic E-state index is 9.46. The van der Waals surface area contributed by atoms with Crippen LogP contribution in [0.15, 0.2) is 0 Å². The molecule has 0 unspecified atom stereocenters. The van der Waals surface area contributed by atoms with Crippen molar-refractivity contribution >= 4 is 8.17 Å². The molecule has 0 amide bonds. The van der Waals surface area contributed by atoms with Crippen LogP contribution in [-0.2, 0) is 13.6 Å². The summed E-state index contributed by atoms with van der Waals surface area (Å²) in [6.45, 7) is 5.80. The van der Waals surface area contributed by atoms with Crippen molar-refractivity contribution in [3.63, 3.8) is 0 Å². The SMILES string of the molecule is CCO[PH](O)(OC)OC(C)C. The average molecular weight is 184 g/mol. The fourth-order valence-electron chi connectivity index (χ4n) is 0.621. The summed E-state index contributed by atoms with van der Waals surface area (Å²) in [4.78, 5) is 9.46. The minimum absolute atomic E-state index is 0.0850. The van der Waals surface area contributed by atoms with E-state index in [4.69, 9.17) is 13.6 Å². The van der Waals surface area contributed by atoms with E-state index in [-0.39, 0.29) is 6.10 Å². The van der Waals surface area contributed by atoms with Gasteiger partial charge in [0.2, 0.25) is 0 Å². The first-order chi connectivity index (χ1) is 5.04. The predicted molar refractivity (Wildman–Crippen MR) is 45.4 cm³/mol. The number of rotatable bonds is 5. The monoisotopic (exact) mass is 184 g/mol. The molecular weight excluding hydrogens is 167 g/mol. The van der Waals surface area contributed by atoms with E-state index in [2.05, 4.69) is 0 Å². The molecule has 4 nitrogen and oxygen atoms in total. The van der Waals surface area contributed by atoms with Gasteiger partial charge in [0.1, 0.15) is 0 Å². The van der Waals surface area contributed by atoms with Gasteiger partial charge in [-0.2, -0.15) is 0 Å². The Hall–Kier alpha value is 0.270. The van der Waals surface area contributed by atoms with Gasteiger partial charge < -0.3 is 0 Å². The molecule has 70 valence electrons. The summed E-state index contributed by atoms with van der Waals surface area (Å²) in [7, 11) is -1.91.